The monoisotopic (exact) mass is 209 g/mol. The van der Waals surface area contributed by atoms with Crippen LogP contribution in [-0.2, 0) is 4.79 Å². The lowest BCUT2D eigenvalue weighted by atomic mass is 10.1. The van der Waals surface area contributed by atoms with E-state index in [0.29, 0.717) is 6.54 Å². The molecule has 0 bridgehead atoms. The Kier molecular flexibility index (Phi) is 3.26. The summed E-state index contributed by atoms with van der Waals surface area (Å²) in [6, 6.07) is 0. The van der Waals surface area contributed by atoms with Gasteiger partial charge in [-0.25, -0.2) is 5.01 Å². The van der Waals surface area contributed by atoms with E-state index >= 15 is 0 Å². The van der Waals surface area contributed by atoms with E-state index in [0.717, 1.165) is 32.5 Å². The topological polar surface area (TPSA) is 26.8 Å². The summed E-state index contributed by atoms with van der Waals surface area (Å²) in [5.74, 6) is 0.258. The van der Waals surface area contributed by atoms with E-state index in [-0.39, 0.29) is 5.91 Å². The number of nitrogens with zero attached hydrogens (tertiary/aromatic N) is 3. The first-order chi connectivity index (χ1) is 7.27. The molecule has 0 aromatic rings. The van der Waals surface area contributed by atoms with Crippen LogP contribution in [0.15, 0.2) is 12.3 Å². The van der Waals surface area contributed by atoms with Crippen molar-refractivity contribution in [2.24, 2.45) is 0 Å². The molecule has 0 aromatic carbocycles. The van der Waals surface area contributed by atoms with Crippen LogP contribution in [-0.4, -0.2) is 54.1 Å². The largest absolute Gasteiger partial charge is 0.341 e. The van der Waals surface area contributed by atoms with Gasteiger partial charge in [0.1, 0.15) is 6.54 Å². The van der Waals surface area contributed by atoms with Crippen LogP contribution in [0.3, 0.4) is 0 Å². The van der Waals surface area contributed by atoms with Gasteiger partial charge in [-0.05, 0) is 19.3 Å². The zero-order valence-corrected chi connectivity index (χ0v) is 9.35. The lowest BCUT2D eigenvalue weighted by molar-refractivity contribution is -0.135. The van der Waals surface area contributed by atoms with Gasteiger partial charge in [0.15, 0.2) is 0 Å². The van der Waals surface area contributed by atoms with Crippen molar-refractivity contribution in [3.63, 3.8) is 0 Å². The molecule has 84 valence electrons. The molecule has 0 unspecified atom stereocenters. The fourth-order valence-electron chi connectivity index (χ4n) is 2.10. The third kappa shape index (κ3) is 2.50. The minimum Gasteiger partial charge on any atom is -0.341 e. The number of rotatable bonds is 2. The number of likely N-dealkylation sites (tertiary alicyclic amines) is 1. The van der Waals surface area contributed by atoms with Crippen molar-refractivity contribution < 1.29 is 4.79 Å². The summed E-state index contributed by atoms with van der Waals surface area (Å²) in [6.45, 7) is 3.29. The van der Waals surface area contributed by atoms with Gasteiger partial charge >= 0.3 is 0 Å². The Bertz CT molecular complexity index is 259. The number of carbonyl (C=O) groups is 1. The molecule has 0 saturated carbocycles. The molecule has 2 aliphatic heterocycles. The van der Waals surface area contributed by atoms with Gasteiger partial charge in [0.2, 0.25) is 5.91 Å². The standard InChI is InChI=1S/C11H19N3O/c1-12-6-5-9-14(12)10-11(15)13-7-3-2-4-8-13/h5,9H,2-4,6-8,10H2,1H3. The van der Waals surface area contributed by atoms with E-state index < -0.39 is 0 Å². The van der Waals surface area contributed by atoms with Crippen molar-refractivity contribution in [2.45, 2.75) is 19.3 Å². The molecular formula is C11H19N3O. The summed E-state index contributed by atoms with van der Waals surface area (Å²) >= 11 is 0. The maximum absolute atomic E-state index is 11.9. The average molecular weight is 209 g/mol. The fourth-order valence-corrected chi connectivity index (χ4v) is 2.10. The van der Waals surface area contributed by atoms with Gasteiger partial charge in [0.25, 0.3) is 0 Å². The summed E-state index contributed by atoms with van der Waals surface area (Å²) < 4.78 is 0. The molecule has 2 aliphatic rings. The molecule has 0 aliphatic carbocycles. The number of hydrogen-bond acceptors (Lipinski definition) is 3. The second-order valence-electron chi connectivity index (χ2n) is 4.26. The number of hydrogen-bond donors (Lipinski definition) is 0. The number of likely N-dealkylation sites (N-methyl/N-ethyl adjacent to an activating group) is 1. The van der Waals surface area contributed by atoms with E-state index in [1.165, 1.54) is 6.42 Å². The Balaban J connectivity index is 1.83. The van der Waals surface area contributed by atoms with E-state index in [1.807, 2.05) is 23.2 Å². The van der Waals surface area contributed by atoms with E-state index in [2.05, 4.69) is 11.1 Å². The SMILES string of the molecule is CN1CC=CN1CC(=O)N1CCCCC1. The van der Waals surface area contributed by atoms with Crippen LogP contribution in [0.2, 0.25) is 0 Å². The first-order valence-electron chi connectivity index (χ1n) is 5.69. The zero-order valence-electron chi connectivity index (χ0n) is 9.35. The van der Waals surface area contributed by atoms with Crippen LogP contribution in [0.25, 0.3) is 0 Å². The predicted molar refractivity (Wildman–Crippen MR) is 58.9 cm³/mol. The molecule has 1 fully saturated rings. The lowest BCUT2D eigenvalue weighted by Crippen LogP contribution is -2.44. The molecule has 0 N–H and O–H groups in total. The second kappa shape index (κ2) is 4.66. The van der Waals surface area contributed by atoms with Gasteiger partial charge in [-0.1, -0.05) is 6.08 Å². The van der Waals surface area contributed by atoms with Gasteiger partial charge in [-0.2, -0.15) is 0 Å². The van der Waals surface area contributed by atoms with Crippen molar-refractivity contribution >= 4 is 5.91 Å². The Hall–Kier alpha value is -1.03. The quantitative estimate of drug-likeness (QED) is 0.669. The number of piperidine rings is 1. The van der Waals surface area contributed by atoms with Crippen LogP contribution in [0, 0.1) is 0 Å². The maximum atomic E-state index is 11.9. The molecule has 4 heteroatoms. The number of carbonyl (C=O) groups excluding carboxylic acids is 1. The van der Waals surface area contributed by atoms with Crippen molar-refractivity contribution in [1.29, 1.82) is 0 Å². The van der Waals surface area contributed by atoms with Gasteiger partial charge < -0.3 is 9.91 Å². The molecule has 0 aromatic heterocycles. The van der Waals surface area contributed by atoms with Crippen LogP contribution in [0.4, 0.5) is 0 Å². The Labute approximate surface area is 91.1 Å². The predicted octanol–water partition coefficient (Wildman–Crippen LogP) is 0.675. The summed E-state index contributed by atoms with van der Waals surface area (Å²) in [6.07, 6.45) is 7.66. The van der Waals surface area contributed by atoms with Crippen LogP contribution < -0.4 is 0 Å². The molecule has 0 radical (unpaired) electrons. The molecule has 4 nitrogen and oxygen atoms in total. The Morgan fingerprint density at radius 1 is 1.27 bits per heavy atom. The third-order valence-electron chi connectivity index (χ3n) is 3.09. The molecule has 2 heterocycles. The van der Waals surface area contributed by atoms with Crippen molar-refractivity contribution in [1.82, 2.24) is 14.9 Å². The summed E-state index contributed by atoms with van der Waals surface area (Å²) in [4.78, 5) is 13.9. The average Bonchev–Trinajstić information content (AvgIpc) is 2.66. The number of amides is 1. The molecular weight excluding hydrogens is 190 g/mol. The first-order valence-corrected chi connectivity index (χ1v) is 5.69. The Morgan fingerprint density at radius 2 is 2.00 bits per heavy atom. The molecule has 1 saturated heterocycles. The van der Waals surface area contributed by atoms with Crippen molar-refractivity contribution in [3.8, 4) is 0 Å². The fraction of sp³-hybridized carbons (Fsp3) is 0.727. The zero-order chi connectivity index (χ0) is 10.7. The highest BCUT2D eigenvalue weighted by atomic mass is 16.2. The van der Waals surface area contributed by atoms with E-state index in [1.54, 1.807) is 0 Å². The lowest BCUT2D eigenvalue weighted by Gasteiger charge is -2.31. The van der Waals surface area contributed by atoms with Crippen molar-refractivity contribution in [3.05, 3.63) is 12.3 Å². The van der Waals surface area contributed by atoms with E-state index in [4.69, 9.17) is 0 Å². The highest BCUT2D eigenvalue weighted by Crippen LogP contribution is 2.11. The smallest absolute Gasteiger partial charge is 0.243 e. The van der Waals surface area contributed by atoms with Crippen LogP contribution in [0.1, 0.15) is 19.3 Å². The van der Waals surface area contributed by atoms with Crippen LogP contribution in [0.5, 0.6) is 0 Å². The third-order valence-corrected chi connectivity index (χ3v) is 3.09. The summed E-state index contributed by atoms with van der Waals surface area (Å²) in [5, 5.41) is 4.04. The molecule has 0 atom stereocenters. The first kappa shape index (κ1) is 10.5. The minimum atomic E-state index is 0.258. The summed E-state index contributed by atoms with van der Waals surface area (Å²) in [5.41, 5.74) is 0. The van der Waals surface area contributed by atoms with Gasteiger partial charge in [0, 0.05) is 32.9 Å². The molecule has 2 rings (SSSR count). The summed E-state index contributed by atoms with van der Waals surface area (Å²) in [7, 11) is 2.00. The molecule has 15 heavy (non-hydrogen) atoms. The van der Waals surface area contributed by atoms with E-state index in [9.17, 15) is 4.79 Å². The highest BCUT2D eigenvalue weighted by molar-refractivity contribution is 5.78. The minimum absolute atomic E-state index is 0.258. The highest BCUT2D eigenvalue weighted by Gasteiger charge is 2.20. The normalized spacial score (nSPS) is 22.5. The molecule has 1 amide bonds. The van der Waals surface area contributed by atoms with Gasteiger partial charge in [-0.3, -0.25) is 4.79 Å². The second-order valence-corrected chi connectivity index (χ2v) is 4.26. The van der Waals surface area contributed by atoms with Crippen molar-refractivity contribution in [2.75, 3.05) is 33.2 Å². The molecule has 0 spiro atoms. The van der Waals surface area contributed by atoms with Gasteiger partial charge in [-0.15, -0.1) is 0 Å². The van der Waals surface area contributed by atoms with Gasteiger partial charge in [0.05, 0.1) is 0 Å². The Morgan fingerprint density at radius 3 is 2.60 bits per heavy atom. The maximum Gasteiger partial charge on any atom is 0.243 e. The van der Waals surface area contributed by atoms with Crippen LogP contribution >= 0.6 is 0 Å². The number of hydrazine groups is 1.